The van der Waals surface area contributed by atoms with Crippen molar-refractivity contribution < 1.29 is 0 Å². The fourth-order valence-corrected chi connectivity index (χ4v) is 1.65. The quantitative estimate of drug-likeness (QED) is 0.765. The van der Waals surface area contributed by atoms with Gasteiger partial charge in [0.2, 0.25) is 0 Å². The van der Waals surface area contributed by atoms with Crippen LogP contribution in [0.25, 0.3) is 0 Å². The van der Waals surface area contributed by atoms with Crippen molar-refractivity contribution >= 4 is 0 Å². The average Bonchev–Trinajstić information content (AvgIpc) is 2.14. The Hall–Kier alpha value is -0.860. The predicted molar refractivity (Wildman–Crippen MR) is 61.4 cm³/mol. The van der Waals surface area contributed by atoms with E-state index in [1.165, 1.54) is 16.7 Å². The Morgan fingerprint density at radius 3 is 2.64 bits per heavy atom. The van der Waals surface area contributed by atoms with E-state index in [9.17, 15) is 0 Å². The van der Waals surface area contributed by atoms with E-state index in [1.54, 1.807) is 0 Å². The van der Waals surface area contributed by atoms with Crippen LogP contribution in [0, 0.1) is 13.8 Å². The van der Waals surface area contributed by atoms with Crippen molar-refractivity contribution in [3.63, 3.8) is 0 Å². The number of benzene rings is 1. The van der Waals surface area contributed by atoms with Crippen molar-refractivity contribution in [2.45, 2.75) is 26.8 Å². The molecule has 2 nitrogen and oxygen atoms in total. The summed E-state index contributed by atoms with van der Waals surface area (Å²) in [5.74, 6) is 0. The van der Waals surface area contributed by atoms with Crippen molar-refractivity contribution in [3.05, 3.63) is 34.9 Å². The highest BCUT2D eigenvalue weighted by molar-refractivity contribution is 5.32. The first-order valence-electron chi connectivity index (χ1n) is 5.18. The third kappa shape index (κ3) is 2.82. The molecule has 14 heavy (non-hydrogen) atoms. The third-order valence-electron chi connectivity index (χ3n) is 2.44. The van der Waals surface area contributed by atoms with Gasteiger partial charge in [-0.25, -0.2) is 0 Å². The van der Waals surface area contributed by atoms with Crippen LogP contribution >= 0.6 is 0 Å². The molecular weight excluding hydrogens is 172 g/mol. The summed E-state index contributed by atoms with van der Waals surface area (Å²) in [6.07, 6.45) is 0. The van der Waals surface area contributed by atoms with Gasteiger partial charge in [-0.05, 0) is 31.5 Å². The highest BCUT2D eigenvalue weighted by Gasteiger charge is 2.07. The van der Waals surface area contributed by atoms with Crippen LogP contribution in [0.4, 0.5) is 0 Å². The van der Waals surface area contributed by atoms with Crippen LogP contribution in [0.2, 0.25) is 0 Å². The first-order chi connectivity index (χ1) is 6.65. The maximum absolute atomic E-state index is 6.07. The molecule has 1 aromatic carbocycles. The molecule has 0 aliphatic carbocycles. The zero-order valence-corrected chi connectivity index (χ0v) is 9.30. The minimum absolute atomic E-state index is 0.107. The molecule has 0 fully saturated rings. The molecular formula is C12H20N2. The minimum atomic E-state index is 0.107. The van der Waals surface area contributed by atoms with Crippen molar-refractivity contribution in [3.8, 4) is 0 Å². The topological polar surface area (TPSA) is 38.0 Å². The number of nitrogens with two attached hydrogens (primary N) is 1. The number of likely N-dealkylation sites (N-methyl/N-ethyl adjacent to an activating group) is 1. The molecule has 0 amide bonds. The summed E-state index contributed by atoms with van der Waals surface area (Å²) in [6, 6.07) is 6.54. The number of hydrogen-bond acceptors (Lipinski definition) is 2. The fourth-order valence-electron chi connectivity index (χ4n) is 1.65. The summed E-state index contributed by atoms with van der Waals surface area (Å²) < 4.78 is 0. The highest BCUT2D eigenvalue weighted by Crippen LogP contribution is 2.16. The van der Waals surface area contributed by atoms with Gasteiger partial charge in [0.25, 0.3) is 0 Å². The van der Waals surface area contributed by atoms with Crippen LogP contribution in [0.5, 0.6) is 0 Å². The number of hydrogen-bond donors (Lipinski definition) is 2. The van der Waals surface area contributed by atoms with Crippen molar-refractivity contribution in [2.75, 3.05) is 13.1 Å². The van der Waals surface area contributed by atoms with Crippen molar-refractivity contribution in [1.29, 1.82) is 0 Å². The van der Waals surface area contributed by atoms with Gasteiger partial charge in [-0.3, -0.25) is 0 Å². The molecule has 1 atom stereocenters. The summed E-state index contributed by atoms with van der Waals surface area (Å²) in [4.78, 5) is 0. The standard InChI is InChI=1S/C12H20N2/c1-4-14-8-12(13)11-6-5-9(2)7-10(11)3/h5-7,12,14H,4,8,13H2,1-3H3. The Kier molecular flexibility index (Phi) is 4.11. The summed E-state index contributed by atoms with van der Waals surface area (Å²) >= 11 is 0. The minimum Gasteiger partial charge on any atom is -0.323 e. The zero-order chi connectivity index (χ0) is 10.6. The molecule has 0 aliphatic rings. The summed E-state index contributed by atoms with van der Waals surface area (Å²) in [5.41, 5.74) is 9.90. The third-order valence-corrected chi connectivity index (χ3v) is 2.44. The monoisotopic (exact) mass is 192 g/mol. The van der Waals surface area contributed by atoms with E-state index in [2.05, 4.69) is 44.3 Å². The van der Waals surface area contributed by atoms with E-state index in [0.29, 0.717) is 0 Å². The van der Waals surface area contributed by atoms with Gasteiger partial charge in [0.05, 0.1) is 0 Å². The van der Waals surface area contributed by atoms with Gasteiger partial charge in [-0.2, -0.15) is 0 Å². The summed E-state index contributed by atoms with van der Waals surface area (Å²) in [6.45, 7) is 8.13. The van der Waals surface area contributed by atoms with Gasteiger partial charge in [-0.1, -0.05) is 30.7 Å². The van der Waals surface area contributed by atoms with E-state index in [4.69, 9.17) is 5.73 Å². The number of nitrogens with one attached hydrogen (secondary N) is 1. The molecule has 2 heteroatoms. The summed E-state index contributed by atoms with van der Waals surface area (Å²) in [7, 11) is 0. The van der Waals surface area contributed by atoms with E-state index in [-0.39, 0.29) is 6.04 Å². The Labute approximate surface area is 86.5 Å². The Morgan fingerprint density at radius 1 is 1.36 bits per heavy atom. The lowest BCUT2D eigenvalue weighted by atomic mass is 10.00. The van der Waals surface area contributed by atoms with Crippen LogP contribution in [0.1, 0.15) is 29.7 Å². The fraction of sp³-hybridized carbons (Fsp3) is 0.500. The first kappa shape index (κ1) is 11.2. The van der Waals surface area contributed by atoms with Crippen LogP contribution < -0.4 is 11.1 Å². The van der Waals surface area contributed by atoms with Crippen molar-refractivity contribution in [2.24, 2.45) is 5.73 Å². The molecule has 0 spiro atoms. The lowest BCUT2D eigenvalue weighted by Gasteiger charge is -2.15. The van der Waals surface area contributed by atoms with E-state index < -0.39 is 0 Å². The lowest BCUT2D eigenvalue weighted by Crippen LogP contribution is -2.27. The summed E-state index contributed by atoms with van der Waals surface area (Å²) in [5, 5.41) is 3.26. The average molecular weight is 192 g/mol. The smallest absolute Gasteiger partial charge is 0.0424 e. The molecule has 0 heterocycles. The maximum Gasteiger partial charge on any atom is 0.0424 e. The molecule has 0 saturated heterocycles. The highest BCUT2D eigenvalue weighted by atomic mass is 14.9. The van der Waals surface area contributed by atoms with Crippen LogP contribution in [0.3, 0.4) is 0 Å². The Bertz CT molecular complexity index is 294. The Balaban J connectivity index is 2.74. The maximum atomic E-state index is 6.07. The molecule has 0 radical (unpaired) electrons. The number of rotatable bonds is 4. The normalized spacial score (nSPS) is 12.9. The molecule has 0 saturated carbocycles. The van der Waals surface area contributed by atoms with Crippen LogP contribution in [-0.4, -0.2) is 13.1 Å². The lowest BCUT2D eigenvalue weighted by molar-refractivity contribution is 0.613. The van der Waals surface area contributed by atoms with E-state index >= 15 is 0 Å². The Morgan fingerprint density at radius 2 is 2.07 bits per heavy atom. The second-order valence-electron chi connectivity index (χ2n) is 3.77. The van der Waals surface area contributed by atoms with Gasteiger partial charge in [0, 0.05) is 12.6 Å². The predicted octanol–water partition coefficient (Wildman–Crippen LogP) is 1.91. The molecule has 78 valence electrons. The van der Waals surface area contributed by atoms with E-state index in [1.807, 2.05) is 0 Å². The van der Waals surface area contributed by atoms with E-state index in [0.717, 1.165) is 13.1 Å². The van der Waals surface area contributed by atoms with Gasteiger partial charge >= 0.3 is 0 Å². The molecule has 0 aliphatic heterocycles. The van der Waals surface area contributed by atoms with Crippen LogP contribution in [0.15, 0.2) is 18.2 Å². The second kappa shape index (κ2) is 5.13. The molecule has 1 rings (SSSR count). The van der Waals surface area contributed by atoms with Gasteiger partial charge in [0.15, 0.2) is 0 Å². The van der Waals surface area contributed by atoms with Gasteiger partial charge in [0.1, 0.15) is 0 Å². The second-order valence-corrected chi connectivity index (χ2v) is 3.77. The molecule has 3 N–H and O–H groups in total. The first-order valence-corrected chi connectivity index (χ1v) is 5.18. The van der Waals surface area contributed by atoms with Crippen LogP contribution in [-0.2, 0) is 0 Å². The zero-order valence-electron chi connectivity index (χ0n) is 9.30. The molecule has 0 aromatic heterocycles. The largest absolute Gasteiger partial charge is 0.323 e. The molecule has 1 aromatic rings. The van der Waals surface area contributed by atoms with Gasteiger partial charge < -0.3 is 11.1 Å². The number of aryl methyl sites for hydroxylation is 2. The SMILES string of the molecule is CCNCC(N)c1ccc(C)cc1C. The van der Waals surface area contributed by atoms with Crippen molar-refractivity contribution in [1.82, 2.24) is 5.32 Å². The molecule has 1 unspecified atom stereocenters. The molecule has 0 bridgehead atoms. The van der Waals surface area contributed by atoms with Gasteiger partial charge in [-0.15, -0.1) is 0 Å².